The molecule has 0 aliphatic rings. The van der Waals surface area contributed by atoms with E-state index in [-0.39, 0.29) is 0 Å². The Morgan fingerprint density at radius 1 is 0.773 bits per heavy atom. The molecule has 0 unspecified atom stereocenters. The highest BCUT2D eigenvalue weighted by Crippen LogP contribution is 2.23. The fourth-order valence-electron chi connectivity index (χ4n) is 2.47. The fourth-order valence-corrected chi connectivity index (χ4v) is 4.72. The molecule has 0 aliphatic carbocycles. The van der Waals surface area contributed by atoms with E-state index in [1.54, 1.807) is 0 Å². The third-order valence-electron chi connectivity index (χ3n) is 4.17. The average Bonchev–Trinajstić information content (AvgIpc) is 2.58. The van der Waals surface area contributed by atoms with Crippen molar-refractivity contribution >= 4 is 8.56 Å². The fraction of sp³-hybridized carbons (Fsp3) is 0.368. The van der Waals surface area contributed by atoms with Gasteiger partial charge >= 0.3 is 8.56 Å². The lowest BCUT2D eigenvalue weighted by molar-refractivity contribution is 0.154. The van der Waals surface area contributed by atoms with Crippen LogP contribution in [0.2, 0.25) is 12.1 Å². The third kappa shape index (κ3) is 4.53. The van der Waals surface area contributed by atoms with Crippen LogP contribution in [0.25, 0.3) is 0 Å². The highest BCUT2D eigenvalue weighted by Gasteiger charge is 2.33. The van der Waals surface area contributed by atoms with Crippen molar-refractivity contribution in [3.8, 4) is 0 Å². The largest absolute Gasteiger partial charge is 0.390 e. The summed E-state index contributed by atoms with van der Waals surface area (Å²) < 4.78 is 12.6. The first-order valence-electron chi connectivity index (χ1n) is 8.05. The molecular weight excluding hydrogens is 288 g/mol. The minimum atomic E-state index is -2.13. The van der Waals surface area contributed by atoms with Gasteiger partial charge in [0, 0.05) is 0 Å². The van der Waals surface area contributed by atoms with Crippen molar-refractivity contribution in [2.75, 3.05) is 0 Å². The molecule has 0 N–H and O–H groups in total. The quantitative estimate of drug-likeness (QED) is 0.623. The predicted octanol–water partition coefficient (Wildman–Crippen LogP) is 5.21. The number of hydrogen-bond acceptors (Lipinski definition) is 2. The summed E-state index contributed by atoms with van der Waals surface area (Å²) in [6.45, 7) is 7.78. The molecule has 0 radical (unpaired) electrons. The Labute approximate surface area is 135 Å². The Morgan fingerprint density at radius 2 is 1.36 bits per heavy atom. The molecule has 0 atom stereocenters. The first kappa shape index (κ1) is 16.9. The highest BCUT2D eigenvalue weighted by molar-refractivity contribution is 6.67. The van der Waals surface area contributed by atoms with E-state index in [0.29, 0.717) is 13.2 Å². The van der Waals surface area contributed by atoms with Gasteiger partial charge in [-0.15, -0.1) is 0 Å². The summed E-state index contributed by atoms with van der Waals surface area (Å²) in [5.74, 6) is 0. The normalized spacial score (nSPS) is 11.6. The van der Waals surface area contributed by atoms with E-state index >= 15 is 0 Å². The van der Waals surface area contributed by atoms with Gasteiger partial charge in [-0.3, -0.25) is 0 Å². The second kappa shape index (κ2) is 8.27. The standard InChI is InChI=1S/C19H26O2Si/c1-4-22(5-2,20-15-18-12-7-6-8-13-18)21-16-19-14-10-9-11-17(19)3/h6-14H,4-5,15-16H2,1-3H3. The zero-order valence-corrected chi connectivity index (χ0v) is 14.8. The van der Waals surface area contributed by atoms with E-state index in [1.807, 2.05) is 18.2 Å². The van der Waals surface area contributed by atoms with Crippen LogP contribution < -0.4 is 0 Å². The lowest BCUT2D eigenvalue weighted by atomic mass is 10.1. The van der Waals surface area contributed by atoms with Crippen LogP contribution >= 0.6 is 0 Å². The van der Waals surface area contributed by atoms with Gasteiger partial charge in [0.2, 0.25) is 0 Å². The minimum absolute atomic E-state index is 0.641. The molecule has 2 rings (SSSR count). The van der Waals surface area contributed by atoms with Crippen molar-refractivity contribution in [1.29, 1.82) is 0 Å². The molecule has 0 heterocycles. The van der Waals surface area contributed by atoms with Crippen LogP contribution in [0, 0.1) is 6.92 Å². The average molecular weight is 315 g/mol. The van der Waals surface area contributed by atoms with Gasteiger partial charge in [-0.1, -0.05) is 68.4 Å². The van der Waals surface area contributed by atoms with E-state index < -0.39 is 8.56 Å². The van der Waals surface area contributed by atoms with Gasteiger partial charge in [0.15, 0.2) is 0 Å². The minimum Gasteiger partial charge on any atom is -0.390 e. The molecule has 22 heavy (non-hydrogen) atoms. The van der Waals surface area contributed by atoms with E-state index in [2.05, 4.69) is 57.2 Å². The smallest absolute Gasteiger partial charge is 0.338 e. The molecule has 0 bridgehead atoms. The van der Waals surface area contributed by atoms with E-state index in [4.69, 9.17) is 8.85 Å². The molecule has 0 saturated heterocycles. The first-order chi connectivity index (χ1) is 10.7. The molecular formula is C19H26O2Si. The van der Waals surface area contributed by atoms with Crippen LogP contribution in [0.15, 0.2) is 54.6 Å². The summed E-state index contributed by atoms with van der Waals surface area (Å²) in [6.07, 6.45) is 0. The Hall–Kier alpha value is -1.42. The monoisotopic (exact) mass is 314 g/mol. The molecule has 0 saturated carbocycles. The lowest BCUT2D eigenvalue weighted by Gasteiger charge is -2.29. The second-order valence-corrected chi connectivity index (χ2v) is 9.42. The van der Waals surface area contributed by atoms with Gasteiger partial charge in [0.25, 0.3) is 0 Å². The molecule has 0 fully saturated rings. The summed E-state index contributed by atoms with van der Waals surface area (Å²) in [7, 11) is -2.13. The van der Waals surface area contributed by atoms with Crippen molar-refractivity contribution in [3.63, 3.8) is 0 Å². The van der Waals surface area contributed by atoms with Crippen molar-refractivity contribution < 1.29 is 8.85 Å². The number of hydrogen-bond donors (Lipinski definition) is 0. The molecule has 0 aliphatic heterocycles. The topological polar surface area (TPSA) is 18.5 Å². The van der Waals surface area contributed by atoms with Gasteiger partial charge in [-0.2, -0.15) is 0 Å². The van der Waals surface area contributed by atoms with Crippen molar-refractivity contribution in [1.82, 2.24) is 0 Å². The molecule has 0 amide bonds. The Bertz CT molecular complexity index is 565. The first-order valence-corrected chi connectivity index (χ1v) is 10.3. The Morgan fingerprint density at radius 3 is 2.00 bits per heavy atom. The van der Waals surface area contributed by atoms with Crippen LogP contribution in [0.5, 0.6) is 0 Å². The van der Waals surface area contributed by atoms with Crippen LogP contribution in [0.3, 0.4) is 0 Å². The summed E-state index contributed by atoms with van der Waals surface area (Å²) in [5.41, 5.74) is 3.74. The Balaban J connectivity index is 2.00. The zero-order valence-electron chi connectivity index (χ0n) is 13.8. The van der Waals surface area contributed by atoms with Crippen LogP contribution in [-0.4, -0.2) is 8.56 Å². The maximum absolute atomic E-state index is 6.33. The predicted molar refractivity (Wildman–Crippen MR) is 93.9 cm³/mol. The van der Waals surface area contributed by atoms with Crippen molar-refractivity contribution in [2.45, 2.75) is 46.1 Å². The summed E-state index contributed by atoms with van der Waals surface area (Å²) in [5, 5.41) is 0. The van der Waals surface area contributed by atoms with Crippen LogP contribution in [0.4, 0.5) is 0 Å². The lowest BCUT2D eigenvalue weighted by Crippen LogP contribution is -2.40. The molecule has 0 spiro atoms. The van der Waals surface area contributed by atoms with Crippen LogP contribution in [0.1, 0.15) is 30.5 Å². The number of rotatable bonds is 8. The zero-order chi connectivity index (χ0) is 15.8. The summed E-state index contributed by atoms with van der Waals surface area (Å²) in [4.78, 5) is 0. The number of aryl methyl sites for hydroxylation is 1. The summed E-state index contributed by atoms with van der Waals surface area (Å²) >= 11 is 0. The van der Waals surface area contributed by atoms with E-state index in [9.17, 15) is 0 Å². The van der Waals surface area contributed by atoms with Crippen LogP contribution in [-0.2, 0) is 22.1 Å². The molecule has 2 aromatic rings. The maximum Gasteiger partial charge on any atom is 0.338 e. The van der Waals surface area contributed by atoms with E-state index in [1.165, 1.54) is 16.7 Å². The maximum atomic E-state index is 6.33. The molecule has 2 nitrogen and oxygen atoms in total. The third-order valence-corrected chi connectivity index (χ3v) is 7.67. The second-order valence-electron chi connectivity index (χ2n) is 5.61. The van der Waals surface area contributed by atoms with Gasteiger partial charge in [-0.05, 0) is 35.7 Å². The van der Waals surface area contributed by atoms with E-state index in [0.717, 1.165) is 12.1 Å². The van der Waals surface area contributed by atoms with Crippen molar-refractivity contribution in [2.24, 2.45) is 0 Å². The molecule has 2 aromatic carbocycles. The molecule has 118 valence electrons. The SMILES string of the molecule is CC[Si](CC)(OCc1ccccc1)OCc1ccccc1C. The van der Waals surface area contributed by atoms with Gasteiger partial charge in [0.1, 0.15) is 0 Å². The highest BCUT2D eigenvalue weighted by atomic mass is 28.4. The van der Waals surface area contributed by atoms with Crippen molar-refractivity contribution in [3.05, 3.63) is 71.3 Å². The van der Waals surface area contributed by atoms with Gasteiger partial charge in [0.05, 0.1) is 13.2 Å². The Kier molecular flexibility index (Phi) is 6.37. The van der Waals surface area contributed by atoms with Gasteiger partial charge < -0.3 is 8.85 Å². The number of benzene rings is 2. The van der Waals surface area contributed by atoms with Gasteiger partial charge in [-0.25, -0.2) is 0 Å². The molecule has 3 heteroatoms. The summed E-state index contributed by atoms with van der Waals surface area (Å²) in [6, 6.07) is 20.7. The molecule has 0 aromatic heterocycles.